The van der Waals surface area contributed by atoms with Crippen LogP contribution in [-0.4, -0.2) is 38.6 Å². The second kappa shape index (κ2) is 7.65. The number of ether oxygens (including phenoxy) is 2. The van der Waals surface area contributed by atoms with Crippen LogP contribution in [0.4, 0.5) is 24.5 Å². The van der Waals surface area contributed by atoms with Crippen LogP contribution in [0.3, 0.4) is 0 Å². The normalized spacial score (nSPS) is 14.8. The summed E-state index contributed by atoms with van der Waals surface area (Å²) in [7, 11) is 0. The summed E-state index contributed by atoms with van der Waals surface area (Å²) >= 11 is 0. The molecule has 1 saturated heterocycles. The molecule has 0 spiro atoms. The average molecular weight is 366 g/mol. The highest BCUT2D eigenvalue weighted by Crippen LogP contribution is 2.27. The van der Waals surface area contributed by atoms with Gasteiger partial charge < -0.3 is 19.7 Å². The van der Waals surface area contributed by atoms with Crippen molar-refractivity contribution in [3.05, 3.63) is 54.1 Å². The molecule has 0 saturated carbocycles. The van der Waals surface area contributed by atoms with Crippen LogP contribution < -0.4 is 15.0 Å². The molecule has 0 unspecified atom stereocenters. The van der Waals surface area contributed by atoms with E-state index in [1.807, 2.05) is 12.1 Å². The Morgan fingerprint density at radius 1 is 1.04 bits per heavy atom. The maximum atomic E-state index is 12.4. The quantitative estimate of drug-likeness (QED) is 0.897. The predicted octanol–water partition coefficient (Wildman–Crippen LogP) is 3.67. The molecule has 3 rings (SSSR count). The van der Waals surface area contributed by atoms with Gasteiger partial charge in [0.1, 0.15) is 5.75 Å². The minimum atomic E-state index is -4.76. The van der Waals surface area contributed by atoms with E-state index >= 15 is 0 Å². The lowest BCUT2D eigenvalue weighted by Crippen LogP contribution is -2.36. The molecule has 2 aromatic rings. The van der Waals surface area contributed by atoms with Crippen molar-refractivity contribution in [1.29, 1.82) is 0 Å². The van der Waals surface area contributed by atoms with Crippen LogP contribution in [-0.2, 0) is 4.74 Å². The minimum Gasteiger partial charge on any atom is -0.406 e. The number of halogens is 3. The molecule has 1 aliphatic rings. The van der Waals surface area contributed by atoms with Gasteiger partial charge in [-0.05, 0) is 36.4 Å². The Labute approximate surface area is 148 Å². The van der Waals surface area contributed by atoms with E-state index in [1.54, 1.807) is 12.1 Å². The van der Waals surface area contributed by atoms with Crippen molar-refractivity contribution < 1.29 is 27.4 Å². The molecule has 1 N–H and O–H groups in total. The number of carbonyl (C=O) groups is 1. The standard InChI is InChI=1S/C18H17F3N2O3/c19-18(20,21)26-14-7-5-13(6-8-14)17(24)22-15-3-1-2-4-16(15)23-9-11-25-12-10-23/h1-8H,9-12H2,(H,22,24). The molecule has 0 aliphatic carbocycles. The summed E-state index contributed by atoms with van der Waals surface area (Å²) in [6.45, 7) is 2.67. The first-order chi connectivity index (χ1) is 12.4. The first kappa shape index (κ1) is 18.1. The van der Waals surface area contributed by atoms with Crippen LogP contribution in [0.2, 0.25) is 0 Å². The molecule has 2 aromatic carbocycles. The third-order valence-corrected chi connectivity index (χ3v) is 3.85. The van der Waals surface area contributed by atoms with Gasteiger partial charge in [-0.1, -0.05) is 12.1 Å². The van der Waals surface area contributed by atoms with E-state index in [0.717, 1.165) is 30.9 Å². The van der Waals surface area contributed by atoms with Gasteiger partial charge in [0.25, 0.3) is 5.91 Å². The van der Waals surface area contributed by atoms with Gasteiger partial charge in [0.2, 0.25) is 0 Å². The van der Waals surface area contributed by atoms with Crippen molar-refractivity contribution >= 4 is 17.3 Å². The second-order valence-corrected chi connectivity index (χ2v) is 5.64. The fourth-order valence-electron chi connectivity index (χ4n) is 2.66. The van der Waals surface area contributed by atoms with Gasteiger partial charge >= 0.3 is 6.36 Å². The van der Waals surface area contributed by atoms with Gasteiger partial charge in [-0.25, -0.2) is 0 Å². The highest BCUT2D eigenvalue weighted by molar-refractivity contribution is 6.06. The van der Waals surface area contributed by atoms with E-state index in [-0.39, 0.29) is 11.3 Å². The first-order valence-corrected chi connectivity index (χ1v) is 8.01. The number of nitrogens with zero attached hydrogens (tertiary/aromatic N) is 1. The van der Waals surface area contributed by atoms with Crippen molar-refractivity contribution in [1.82, 2.24) is 0 Å². The molecule has 0 bridgehead atoms. The maximum absolute atomic E-state index is 12.4. The van der Waals surface area contributed by atoms with Crippen LogP contribution in [0.1, 0.15) is 10.4 Å². The van der Waals surface area contributed by atoms with Gasteiger partial charge in [0, 0.05) is 18.7 Å². The van der Waals surface area contributed by atoms with Crippen LogP contribution in [0.25, 0.3) is 0 Å². The van der Waals surface area contributed by atoms with E-state index in [0.29, 0.717) is 18.9 Å². The van der Waals surface area contributed by atoms with Crippen molar-refractivity contribution in [2.45, 2.75) is 6.36 Å². The van der Waals surface area contributed by atoms with Gasteiger partial charge in [-0.3, -0.25) is 4.79 Å². The number of anilines is 2. The summed E-state index contributed by atoms with van der Waals surface area (Å²) in [5.74, 6) is -0.785. The zero-order valence-electron chi connectivity index (χ0n) is 13.8. The predicted molar refractivity (Wildman–Crippen MR) is 90.6 cm³/mol. The largest absolute Gasteiger partial charge is 0.573 e. The van der Waals surface area contributed by atoms with Gasteiger partial charge in [0.05, 0.1) is 24.6 Å². The fourth-order valence-corrected chi connectivity index (χ4v) is 2.66. The second-order valence-electron chi connectivity index (χ2n) is 5.64. The molecule has 8 heteroatoms. The molecule has 1 fully saturated rings. The van der Waals surface area contributed by atoms with E-state index in [1.165, 1.54) is 12.1 Å². The van der Waals surface area contributed by atoms with Crippen molar-refractivity contribution in [3.63, 3.8) is 0 Å². The number of hydrogen-bond donors (Lipinski definition) is 1. The lowest BCUT2D eigenvalue weighted by molar-refractivity contribution is -0.274. The van der Waals surface area contributed by atoms with Crippen LogP contribution in [0, 0.1) is 0 Å². The Balaban J connectivity index is 1.72. The van der Waals surface area contributed by atoms with Gasteiger partial charge in [0.15, 0.2) is 0 Å². The summed E-state index contributed by atoms with van der Waals surface area (Å²) in [5, 5.41) is 2.81. The topological polar surface area (TPSA) is 50.8 Å². The van der Waals surface area contributed by atoms with Crippen molar-refractivity contribution in [3.8, 4) is 5.75 Å². The Bertz CT molecular complexity index is 757. The number of morpholine rings is 1. The third kappa shape index (κ3) is 4.66. The molecule has 0 radical (unpaired) electrons. The molecule has 1 heterocycles. The Morgan fingerprint density at radius 3 is 2.35 bits per heavy atom. The van der Waals surface area contributed by atoms with Crippen molar-refractivity contribution in [2.24, 2.45) is 0 Å². The summed E-state index contributed by atoms with van der Waals surface area (Å²) < 4.78 is 45.7. The molecular weight excluding hydrogens is 349 g/mol. The number of benzene rings is 2. The summed E-state index contributed by atoms with van der Waals surface area (Å²) in [6.07, 6.45) is -4.76. The van der Waals surface area contributed by atoms with Crippen LogP contribution in [0.15, 0.2) is 48.5 Å². The fraction of sp³-hybridized carbons (Fsp3) is 0.278. The summed E-state index contributed by atoms with van der Waals surface area (Å²) in [5.41, 5.74) is 1.74. The van der Waals surface area contributed by atoms with Crippen molar-refractivity contribution in [2.75, 3.05) is 36.5 Å². The number of amides is 1. The smallest absolute Gasteiger partial charge is 0.406 e. The monoisotopic (exact) mass is 366 g/mol. The number of alkyl halides is 3. The zero-order chi connectivity index (χ0) is 18.6. The molecule has 138 valence electrons. The zero-order valence-corrected chi connectivity index (χ0v) is 13.8. The van der Waals surface area contributed by atoms with Crippen LogP contribution in [0.5, 0.6) is 5.75 Å². The molecule has 5 nitrogen and oxygen atoms in total. The number of rotatable bonds is 4. The molecule has 0 atom stereocenters. The molecule has 1 amide bonds. The Kier molecular flexibility index (Phi) is 5.32. The lowest BCUT2D eigenvalue weighted by atomic mass is 10.2. The third-order valence-electron chi connectivity index (χ3n) is 3.85. The highest BCUT2D eigenvalue weighted by Gasteiger charge is 2.31. The Hall–Kier alpha value is -2.74. The van der Waals surface area contributed by atoms with Gasteiger partial charge in [-0.15, -0.1) is 13.2 Å². The first-order valence-electron chi connectivity index (χ1n) is 8.01. The van der Waals surface area contributed by atoms with Gasteiger partial charge in [-0.2, -0.15) is 0 Å². The molecule has 26 heavy (non-hydrogen) atoms. The highest BCUT2D eigenvalue weighted by atomic mass is 19.4. The minimum absolute atomic E-state index is 0.233. The van der Waals surface area contributed by atoms with E-state index in [4.69, 9.17) is 4.74 Å². The Morgan fingerprint density at radius 2 is 1.69 bits per heavy atom. The molecular formula is C18H17F3N2O3. The SMILES string of the molecule is O=C(Nc1ccccc1N1CCOCC1)c1ccc(OC(F)(F)F)cc1. The maximum Gasteiger partial charge on any atom is 0.573 e. The average Bonchev–Trinajstić information content (AvgIpc) is 2.62. The molecule has 0 aromatic heterocycles. The number of nitrogens with one attached hydrogen (secondary N) is 1. The van der Waals surface area contributed by atoms with E-state index < -0.39 is 12.3 Å². The number of carbonyl (C=O) groups excluding carboxylic acids is 1. The number of para-hydroxylation sites is 2. The van der Waals surface area contributed by atoms with E-state index in [9.17, 15) is 18.0 Å². The molecule has 1 aliphatic heterocycles. The van der Waals surface area contributed by atoms with Crippen LogP contribution >= 0.6 is 0 Å². The lowest BCUT2D eigenvalue weighted by Gasteiger charge is -2.30. The van der Waals surface area contributed by atoms with E-state index in [2.05, 4.69) is 15.0 Å². The number of hydrogen-bond acceptors (Lipinski definition) is 4. The summed E-state index contributed by atoms with van der Waals surface area (Å²) in [6, 6.07) is 12.2. The summed E-state index contributed by atoms with van der Waals surface area (Å²) in [4.78, 5) is 14.5.